The maximum atomic E-state index is 12.1. The van der Waals surface area contributed by atoms with E-state index in [2.05, 4.69) is 5.32 Å². The van der Waals surface area contributed by atoms with Crippen molar-refractivity contribution in [2.75, 3.05) is 13.7 Å². The molecule has 0 radical (unpaired) electrons. The zero-order chi connectivity index (χ0) is 17.5. The van der Waals surface area contributed by atoms with Crippen LogP contribution >= 0.6 is 0 Å². The van der Waals surface area contributed by atoms with Crippen LogP contribution in [0, 0.1) is 0 Å². The van der Waals surface area contributed by atoms with Gasteiger partial charge in [-0.15, -0.1) is 0 Å². The van der Waals surface area contributed by atoms with Crippen molar-refractivity contribution in [2.45, 2.75) is 49.9 Å². The lowest BCUT2D eigenvalue weighted by atomic mass is 9.96. The highest BCUT2D eigenvalue weighted by atomic mass is 16.7. The van der Waals surface area contributed by atoms with Gasteiger partial charge in [0.15, 0.2) is 6.29 Å². The quantitative estimate of drug-likeness (QED) is 0.537. The molecule has 1 aliphatic rings. The number of ether oxygens (including phenoxy) is 2. The Bertz CT molecular complexity index is 509. The summed E-state index contributed by atoms with van der Waals surface area (Å²) in [5, 5.41) is 31.9. The second-order valence-corrected chi connectivity index (χ2v) is 5.87. The number of carbonyl (C=O) groups excluding carboxylic acids is 1. The molecule has 1 heterocycles. The molecule has 1 amide bonds. The van der Waals surface area contributed by atoms with Crippen LogP contribution in [0.2, 0.25) is 0 Å². The lowest BCUT2D eigenvalue weighted by Gasteiger charge is -2.41. The van der Waals surface area contributed by atoms with Gasteiger partial charge in [-0.2, -0.15) is 0 Å². The predicted molar refractivity (Wildman–Crippen MR) is 86.1 cm³/mol. The van der Waals surface area contributed by atoms with Gasteiger partial charge in [0.05, 0.1) is 6.61 Å². The zero-order valence-corrected chi connectivity index (χ0v) is 13.7. The number of benzene rings is 1. The van der Waals surface area contributed by atoms with Crippen molar-refractivity contribution in [2.24, 2.45) is 0 Å². The van der Waals surface area contributed by atoms with Gasteiger partial charge in [0, 0.05) is 13.5 Å². The minimum absolute atomic E-state index is 0.254. The number of rotatable bonds is 7. The van der Waals surface area contributed by atoms with E-state index in [0.717, 1.165) is 12.0 Å². The predicted octanol–water partition coefficient (Wildman–Crippen LogP) is -0.420. The van der Waals surface area contributed by atoms with Crippen LogP contribution in [0.15, 0.2) is 30.3 Å². The second kappa shape index (κ2) is 9.10. The molecular formula is C17H25NO6. The van der Waals surface area contributed by atoms with Gasteiger partial charge in [-0.25, -0.2) is 0 Å². The molecule has 5 atom stereocenters. The van der Waals surface area contributed by atoms with Gasteiger partial charge in [0.1, 0.15) is 24.4 Å². The molecule has 1 aromatic rings. The van der Waals surface area contributed by atoms with Crippen molar-refractivity contribution in [1.29, 1.82) is 0 Å². The van der Waals surface area contributed by atoms with E-state index in [1.165, 1.54) is 7.11 Å². The fourth-order valence-electron chi connectivity index (χ4n) is 2.79. The first-order valence-corrected chi connectivity index (χ1v) is 8.05. The van der Waals surface area contributed by atoms with E-state index in [-0.39, 0.29) is 12.3 Å². The Morgan fingerprint density at radius 3 is 2.58 bits per heavy atom. The molecule has 1 saturated heterocycles. The number of amides is 1. The Hall–Kier alpha value is -1.51. The molecule has 24 heavy (non-hydrogen) atoms. The Labute approximate surface area is 141 Å². The number of carbonyl (C=O) groups is 1. The van der Waals surface area contributed by atoms with E-state index in [9.17, 15) is 15.0 Å². The van der Waals surface area contributed by atoms with Gasteiger partial charge in [-0.05, 0) is 18.4 Å². The summed E-state index contributed by atoms with van der Waals surface area (Å²) in [4.78, 5) is 12.1. The number of nitrogens with one attached hydrogen (secondary N) is 1. The van der Waals surface area contributed by atoms with E-state index in [4.69, 9.17) is 14.6 Å². The average Bonchev–Trinajstić information content (AvgIpc) is 2.60. The van der Waals surface area contributed by atoms with Crippen LogP contribution in [0.3, 0.4) is 0 Å². The van der Waals surface area contributed by atoms with Crippen molar-refractivity contribution in [3.63, 3.8) is 0 Å². The monoisotopic (exact) mass is 339 g/mol. The summed E-state index contributed by atoms with van der Waals surface area (Å²) in [5.41, 5.74) is 1.15. The van der Waals surface area contributed by atoms with Crippen LogP contribution in [0.5, 0.6) is 0 Å². The first-order valence-electron chi connectivity index (χ1n) is 8.05. The molecule has 7 heteroatoms. The molecule has 0 aromatic heterocycles. The SMILES string of the molecule is CO[C@H]1O[C@H](CO)[C@@H](O)[C@H](O)[C@@H]1NC(=O)CCCc1ccccc1. The Morgan fingerprint density at radius 2 is 1.96 bits per heavy atom. The molecule has 0 unspecified atom stereocenters. The van der Waals surface area contributed by atoms with Gasteiger partial charge in [-0.1, -0.05) is 30.3 Å². The first kappa shape index (κ1) is 18.8. The number of aliphatic hydroxyl groups is 3. The van der Waals surface area contributed by atoms with Gasteiger partial charge in [0.2, 0.25) is 5.91 Å². The summed E-state index contributed by atoms with van der Waals surface area (Å²) < 4.78 is 10.5. The topological polar surface area (TPSA) is 108 Å². The van der Waals surface area contributed by atoms with Gasteiger partial charge in [0.25, 0.3) is 0 Å². The van der Waals surface area contributed by atoms with Crippen molar-refractivity contribution in [1.82, 2.24) is 5.32 Å². The number of aryl methyl sites for hydroxylation is 1. The summed E-state index contributed by atoms with van der Waals surface area (Å²) in [6.45, 7) is -0.449. The van der Waals surface area contributed by atoms with Crippen LogP contribution in [-0.2, 0) is 20.7 Å². The Kier molecular flexibility index (Phi) is 7.14. The Balaban J connectivity index is 1.85. The molecule has 1 aliphatic heterocycles. The minimum Gasteiger partial charge on any atom is -0.394 e. The summed E-state index contributed by atoms with van der Waals surface area (Å²) in [7, 11) is 1.37. The fraction of sp³-hybridized carbons (Fsp3) is 0.588. The van der Waals surface area contributed by atoms with E-state index < -0.39 is 37.3 Å². The van der Waals surface area contributed by atoms with Crippen molar-refractivity contribution < 1.29 is 29.6 Å². The molecule has 1 fully saturated rings. The van der Waals surface area contributed by atoms with Crippen LogP contribution in [-0.4, -0.2) is 65.6 Å². The molecule has 0 saturated carbocycles. The largest absolute Gasteiger partial charge is 0.394 e. The molecule has 134 valence electrons. The van der Waals surface area contributed by atoms with Crippen molar-refractivity contribution in [3.05, 3.63) is 35.9 Å². The molecule has 1 aromatic carbocycles. The molecular weight excluding hydrogens is 314 g/mol. The van der Waals surface area contributed by atoms with Crippen LogP contribution in [0.4, 0.5) is 0 Å². The molecule has 0 aliphatic carbocycles. The third-order valence-corrected chi connectivity index (χ3v) is 4.15. The van der Waals surface area contributed by atoms with E-state index in [1.807, 2.05) is 30.3 Å². The highest BCUT2D eigenvalue weighted by Gasteiger charge is 2.45. The van der Waals surface area contributed by atoms with E-state index in [1.54, 1.807) is 0 Å². The van der Waals surface area contributed by atoms with Crippen molar-refractivity contribution in [3.8, 4) is 0 Å². The minimum atomic E-state index is -1.30. The third kappa shape index (κ3) is 4.75. The molecule has 0 spiro atoms. The van der Waals surface area contributed by atoms with E-state index in [0.29, 0.717) is 6.42 Å². The highest BCUT2D eigenvalue weighted by molar-refractivity contribution is 5.76. The lowest BCUT2D eigenvalue weighted by molar-refractivity contribution is -0.262. The van der Waals surface area contributed by atoms with Gasteiger partial charge in [-0.3, -0.25) is 4.79 Å². The molecule has 0 bridgehead atoms. The highest BCUT2D eigenvalue weighted by Crippen LogP contribution is 2.21. The first-order chi connectivity index (χ1) is 11.6. The Morgan fingerprint density at radius 1 is 1.25 bits per heavy atom. The maximum absolute atomic E-state index is 12.1. The van der Waals surface area contributed by atoms with Crippen LogP contribution in [0.25, 0.3) is 0 Å². The second-order valence-electron chi connectivity index (χ2n) is 5.87. The smallest absolute Gasteiger partial charge is 0.220 e. The van der Waals surface area contributed by atoms with Crippen molar-refractivity contribution >= 4 is 5.91 Å². The van der Waals surface area contributed by atoms with Gasteiger partial charge < -0.3 is 30.1 Å². The number of hydrogen-bond acceptors (Lipinski definition) is 6. The average molecular weight is 339 g/mol. The lowest BCUT2D eigenvalue weighted by Crippen LogP contribution is -2.64. The summed E-state index contributed by atoms with van der Waals surface area (Å²) in [6.07, 6.45) is -2.72. The molecule has 7 nitrogen and oxygen atoms in total. The number of hydrogen-bond donors (Lipinski definition) is 4. The van der Waals surface area contributed by atoms with Crippen LogP contribution in [0.1, 0.15) is 18.4 Å². The summed E-state index contributed by atoms with van der Waals surface area (Å²) in [6, 6.07) is 8.96. The van der Waals surface area contributed by atoms with E-state index >= 15 is 0 Å². The number of methoxy groups -OCH3 is 1. The van der Waals surface area contributed by atoms with Gasteiger partial charge >= 0.3 is 0 Å². The maximum Gasteiger partial charge on any atom is 0.220 e. The van der Waals surface area contributed by atoms with Crippen LogP contribution < -0.4 is 5.32 Å². The third-order valence-electron chi connectivity index (χ3n) is 4.15. The standard InChI is InChI=1S/C17H25NO6/c1-23-17-14(16(22)15(21)12(10-19)24-17)18-13(20)9-5-8-11-6-3-2-4-7-11/h2-4,6-7,12,14-17,19,21-22H,5,8-10H2,1H3,(H,18,20)/t12-,14+,15-,16-,17+/m1/s1. The number of aliphatic hydroxyl groups excluding tert-OH is 3. The summed E-state index contributed by atoms with van der Waals surface area (Å²) in [5.74, 6) is -0.254. The molecule has 4 N–H and O–H groups in total. The zero-order valence-electron chi connectivity index (χ0n) is 13.7. The summed E-state index contributed by atoms with van der Waals surface area (Å²) >= 11 is 0. The molecule has 2 rings (SSSR count). The normalized spacial score (nSPS) is 30.1. The fourth-order valence-corrected chi connectivity index (χ4v) is 2.79.